The summed E-state index contributed by atoms with van der Waals surface area (Å²) in [6.45, 7) is 65.5. The molecule has 0 aliphatic rings. The quantitative estimate of drug-likeness (QED) is 0.0311. The number of hydrogen-bond acceptors (Lipinski definition) is 15. The Kier molecular flexibility index (Phi) is 84.8. The van der Waals surface area contributed by atoms with Gasteiger partial charge in [-0.05, 0) is 232 Å². The fraction of sp³-hybridized carbons (Fsp3) is 0.970. The zero-order valence-electron chi connectivity index (χ0n) is 60.2. The third kappa shape index (κ3) is 74.7. The van der Waals surface area contributed by atoms with E-state index >= 15 is 0 Å². The fourth-order valence-electron chi connectivity index (χ4n) is 11.0. The molecule has 0 saturated heterocycles. The molecule has 0 radical (unpaired) electrons. The Morgan fingerprint density at radius 2 is 0.552 bits per heavy atom. The predicted molar refractivity (Wildman–Crippen MR) is 472 cm³/mol. The minimum atomic E-state index is -2.59. The van der Waals surface area contributed by atoms with Crippen molar-refractivity contribution in [3.05, 3.63) is 0 Å². The Labute approximate surface area is 621 Å². The highest BCUT2D eigenvalue weighted by Gasteiger charge is 2.49. The van der Waals surface area contributed by atoms with E-state index in [0.717, 1.165) is 74.3 Å². The van der Waals surface area contributed by atoms with E-state index in [0.29, 0.717) is 45.7 Å². The average Bonchev–Trinajstić information content (AvgIpc) is 3.24. The molecule has 29 heteroatoms. The third-order valence-electron chi connectivity index (χ3n) is 12.5. The van der Waals surface area contributed by atoms with Gasteiger partial charge < -0.3 is 70.6 Å². The van der Waals surface area contributed by atoms with Gasteiger partial charge in [0.05, 0.1) is 0 Å². The lowest BCUT2D eigenvalue weighted by atomic mass is 9.98. The molecule has 10 N–H and O–H groups in total. The van der Waals surface area contributed by atoms with Crippen LogP contribution in [0.3, 0.4) is 0 Å². The van der Waals surface area contributed by atoms with Crippen molar-refractivity contribution in [2.75, 3.05) is 39.3 Å². The van der Waals surface area contributed by atoms with Crippen molar-refractivity contribution in [1.29, 1.82) is 0 Å². The summed E-state index contributed by atoms with van der Waals surface area (Å²) in [5, 5.41) is 5.61. The van der Waals surface area contributed by atoms with E-state index in [9.17, 15) is 9.59 Å². The summed E-state index contributed by atoms with van der Waals surface area (Å²) in [5.41, 5.74) is 22.6. The predicted octanol–water partition coefficient (Wildman–Crippen LogP) is 21.9. The number of nitrogens with one attached hydrogen (secondary N) is 2. The maximum absolute atomic E-state index is 12.7. The van der Waals surface area contributed by atoms with Gasteiger partial charge in [0.25, 0.3) is 0 Å². The second-order valence-electron chi connectivity index (χ2n) is 30.5. The number of rotatable bonds is 45. The molecule has 8 atom stereocenters. The number of carbonyl (C=O) groups excluding carboxylic acids is 2. The highest BCUT2D eigenvalue weighted by atomic mass is 28.5. The van der Waals surface area contributed by atoms with Crippen LogP contribution in [0.25, 0.3) is 0 Å². The van der Waals surface area contributed by atoms with Crippen LogP contribution in [0.4, 0.5) is 0 Å². The largest absolute Gasteiger partial charge is 0.437 e. The van der Waals surface area contributed by atoms with Crippen molar-refractivity contribution >= 4 is 113 Å². The molecule has 602 valence electrons. The first-order valence-corrected chi connectivity index (χ1v) is 68.1. The van der Waals surface area contributed by atoms with Crippen LogP contribution in [0, 0.1) is 11.8 Å². The van der Waals surface area contributed by atoms with Gasteiger partial charge in [-0.15, -0.1) is 0 Å². The molecule has 0 fully saturated rings. The normalized spacial score (nSPS) is 15.7. The van der Waals surface area contributed by atoms with Gasteiger partial charge in [0.15, 0.2) is 49.9 Å². The maximum Gasteiger partial charge on any atom is 0.315 e. The highest BCUT2D eigenvalue weighted by molar-refractivity contribution is 6.92. The van der Waals surface area contributed by atoms with Crippen LogP contribution in [0.5, 0.6) is 0 Å². The van der Waals surface area contributed by atoms with Crippen LogP contribution < -0.4 is 33.6 Å². The Balaban J connectivity index is -0.0000000759. The molecule has 0 heterocycles. The van der Waals surface area contributed by atoms with Crippen molar-refractivity contribution in [1.82, 2.24) is 10.6 Å². The van der Waals surface area contributed by atoms with Crippen molar-refractivity contribution < 1.29 is 46.6 Å². The molecule has 0 aromatic heterocycles. The first kappa shape index (κ1) is 133. The van der Waals surface area contributed by atoms with Crippen LogP contribution in [0.2, 0.25) is 193 Å². The van der Waals surface area contributed by atoms with Gasteiger partial charge in [0.1, 0.15) is 0 Å². The minimum Gasteiger partial charge on any atom is -0.437 e. The number of hydrogen-bond donors (Lipinski definition) is 6. The lowest BCUT2D eigenvalue weighted by Gasteiger charge is -2.43. The lowest BCUT2D eigenvalue weighted by Crippen LogP contribution is -2.58. The second-order valence-corrected chi connectivity index (χ2v) is 79.8. The highest BCUT2D eigenvalue weighted by Crippen LogP contribution is 2.35. The van der Waals surface area contributed by atoms with E-state index in [1.807, 2.05) is 0 Å². The van der Waals surface area contributed by atoms with Crippen LogP contribution in [-0.2, 0) is 46.6 Å². The number of amides is 2. The topological polar surface area (TPSA) is 245 Å². The van der Waals surface area contributed by atoms with Crippen molar-refractivity contribution in [2.24, 2.45) is 34.8 Å². The zero-order valence-corrected chi connectivity index (χ0v) is 72.2. The third-order valence-corrected chi connectivity index (χ3v) is 55.8. The average molecular weight is 1590 g/mol. The van der Waals surface area contributed by atoms with Gasteiger partial charge in [0, 0.05) is 38.5 Å². The summed E-state index contributed by atoms with van der Waals surface area (Å²) in [6.07, 6.45) is 10.5. The molecule has 2 amide bonds. The van der Waals surface area contributed by atoms with E-state index in [1.165, 1.54) is 25.7 Å². The summed E-state index contributed by atoms with van der Waals surface area (Å²) in [7, 11) is -24.4. The smallest absolute Gasteiger partial charge is 0.315 e. The van der Waals surface area contributed by atoms with Crippen molar-refractivity contribution in [3.63, 3.8) is 0 Å². The number of nitrogens with two attached hydrogens (primary N) is 4. The van der Waals surface area contributed by atoms with Gasteiger partial charge in [-0.1, -0.05) is 162 Å². The molecule has 0 aromatic carbocycles. The summed E-state index contributed by atoms with van der Waals surface area (Å²) in [6, 6.07) is 5.74. The summed E-state index contributed by atoms with van der Waals surface area (Å²) < 4.78 is 60.6. The van der Waals surface area contributed by atoms with Crippen LogP contribution in [0.15, 0.2) is 0 Å². The Morgan fingerprint density at radius 1 is 0.312 bits per heavy atom. The van der Waals surface area contributed by atoms with Crippen molar-refractivity contribution in [2.45, 2.75) is 381 Å². The van der Waals surface area contributed by atoms with Crippen LogP contribution in [-0.4, -0.2) is 152 Å². The standard InChI is InChI=1S/C22H54N4O5Si4.C19H49NO3Si4.C14H39NO3Si4.12CH4/c1-10-17-34(8,29-32(2,3)4)31-35(9,30-33(5,6)7)18-11-12-20(22(28)26-16-14-24)19-21(27)25-15-13-23;1-11-14-19(2)15-12-17-26(9,21-24(3,4)5)23-27(10,18-13-16-20)22-25(6,7)8;1-10-13-21(8,16-19(2,3)4)18-22(9,14-11-12-15)17-20(5,6)7;;;;;;;;;;;;/h20H,10-19,23-24H2,1-9H3,(H,25,27)(H,26,28);19H,11-18,20H2,1-10H3;10-15H2,1-9H3;12*1H4. The molecule has 8 unspecified atom stereocenters. The van der Waals surface area contributed by atoms with Crippen LogP contribution >= 0.6 is 0 Å². The molecule has 0 saturated carbocycles. The minimum absolute atomic E-state index is 0. The fourth-order valence-corrected chi connectivity index (χ4v) is 66.4. The van der Waals surface area contributed by atoms with Gasteiger partial charge in [-0.25, -0.2) is 0 Å². The zero-order chi connectivity index (χ0) is 66.4. The summed E-state index contributed by atoms with van der Waals surface area (Å²) in [4.78, 5) is 25.1. The lowest BCUT2D eigenvalue weighted by molar-refractivity contribution is -0.130. The van der Waals surface area contributed by atoms with E-state index in [2.05, 4.69) is 195 Å². The molecule has 0 rings (SSSR count). The van der Waals surface area contributed by atoms with Crippen LogP contribution in [0.1, 0.15) is 187 Å². The Hall–Kier alpha value is 1.02. The summed E-state index contributed by atoms with van der Waals surface area (Å²) in [5.74, 6) is 0.0617. The number of carbonyl (C=O) groups is 2. The molecule has 0 aromatic rings. The second kappa shape index (κ2) is 61.2. The van der Waals surface area contributed by atoms with Gasteiger partial charge in [-0.2, -0.15) is 0 Å². The molecule has 96 heavy (non-hydrogen) atoms. The van der Waals surface area contributed by atoms with E-state index in [1.54, 1.807) is 0 Å². The maximum atomic E-state index is 12.7. The monoisotopic (exact) mass is 1590 g/mol. The van der Waals surface area contributed by atoms with E-state index < -0.39 is 107 Å². The molecule has 0 aliphatic carbocycles. The Bertz CT molecular complexity index is 1790. The summed E-state index contributed by atoms with van der Waals surface area (Å²) >= 11 is 0. The molecular weight excluding hydrogens is 1400 g/mol. The first-order valence-electron chi connectivity index (χ1n) is 32.5. The molecule has 0 spiro atoms. The molecule has 0 bridgehead atoms. The van der Waals surface area contributed by atoms with E-state index in [4.69, 9.17) is 60.0 Å². The van der Waals surface area contributed by atoms with Gasteiger partial charge in [-0.3, -0.25) is 9.59 Å². The first-order chi connectivity index (χ1) is 37.9. The molecule has 17 nitrogen and oxygen atoms in total. The van der Waals surface area contributed by atoms with Gasteiger partial charge >= 0.3 is 51.4 Å². The van der Waals surface area contributed by atoms with E-state index in [-0.39, 0.29) is 107 Å². The Morgan fingerprint density at radius 3 is 0.781 bits per heavy atom. The molecule has 0 aliphatic heterocycles. The SMILES string of the molecule is C.C.C.C.C.C.C.C.C.C.C.C.CCCC(C)CCC[Si](C)(O[Si](C)(C)C)O[Si](C)(CCCN)O[Si](C)(C)C.CCC[Si](C)(O[Si](C)(C)C)O[Si](C)(CCCC(CC(=O)NCCN)C(=O)NCCN)O[Si](C)(C)C.CCC[Si](C)(O[Si](C)(C)C)O[Si](C)(CCCN)O[Si](C)(C)C. The van der Waals surface area contributed by atoms with Crippen molar-refractivity contribution in [3.8, 4) is 0 Å². The van der Waals surface area contributed by atoms with Gasteiger partial charge in [0.2, 0.25) is 11.8 Å². The molecular formula is C67H190N6O11Si12.